The molecule has 130 valence electrons. The highest BCUT2D eigenvalue weighted by Crippen LogP contribution is 2.18. The first kappa shape index (κ1) is 17.0. The van der Waals surface area contributed by atoms with Gasteiger partial charge in [-0.1, -0.05) is 12.1 Å². The Morgan fingerprint density at radius 1 is 1.20 bits per heavy atom. The lowest BCUT2D eigenvalue weighted by Crippen LogP contribution is -2.32. The molecule has 0 unspecified atom stereocenters. The monoisotopic (exact) mass is 340 g/mol. The zero-order chi connectivity index (χ0) is 17.8. The molecule has 0 fully saturated rings. The molecule has 1 aliphatic carbocycles. The zero-order valence-corrected chi connectivity index (χ0v) is 14.1. The number of aromatic amines is 1. The summed E-state index contributed by atoms with van der Waals surface area (Å²) in [7, 11) is 1.61. The van der Waals surface area contributed by atoms with Crippen molar-refractivity contribution >= 4 is 11.7 Å². The number of ketones is 1. The number of pyridine rings is 1. The third-order valence-electron chi connectivity index (χ3n) is 4.36. The molecule has 1 heterocycles. The Labute approximate surface area is 145 Å². The van der Waals surface area contributed by atoms with Crippen LogP contribution < -0.4 is 15.6 Å². The molecule has 25 heavy (non-hydrogen) atoms. The minimum atomic E-state index is -0.462. The van der Waals surface area contributed by atoms with Crippen molar-refractivity contribution in [1.29, 1.82) is 0 Å². The number of nitrogens with one attached hydrogen (secondary N) is 2. The fourth-order valence-electron chi connectivity index (χ4n) is 2.95. The van der Waals surface area contributed by atoms with E-state index in [1.54, 1.807) is 7.11 Å². The normalized spacial score (nSPS) is 13.2. The summed E-state index contributed by atoms with van der Waals surface area (Å²) < 4.78 is 5.10. The van der Waals surface area contributed by atoms with Crippen LogP contribution in [-0.2, 0) is 12.8 Å². The molecule has 0 saturated carbocycles. The molecule has 6 nitrogen and oxygen atoms in total. The van der Waals surface area contributed by atoms with Crippen LogP contribution in [0.2, 0.25) is 0 Å². The molecule has 6 heteroatoms. The molecular formula is C19H20N2O4. The first-order valence-electron chi connectivity index (χ1n) is 8.29. The predicted molar refractivity (Wildman–Crippen MR) is 93.4 cm³/mol. The Balaban J connectivity index is 1.66. The highest BCUT2D eigenvalue weighted by molar-refractivity contribution is 6.01. The van der Waals surface area contributed by atoms with E-state index in [0.717, 1.165) is 17.7 Å². The lowest BCUT2D eigenvalue weighted by molar-refractivity contribution is 0.0952. The second-order valence-electron chi connectivity index (χ2n) is 6.04. The topological polar surface area (TPSA) is 88.3 Å². The van der Waals surface area contributed by atoms with Crippen LogP contribution in [0.25, 0.3) is 0 Å². The number of ether oxygens (including phenoxy) is 1. The average Bonchev–Trinajstić information content (AvgIpc) is 2.62. The van der Waals surface area contributed by atoms with Gasteiger partial charge in [0.25, 0.3) is 11.5 Å². The van der Waals surface area contributed by atoms with Crippen LogP contribution in [0.3, 0.4) is 0 Å². The van der Waals surface area contributed by atoms with Crippen molar-refractivity contribution in [2.75, 3.05) is 13.7 Å². The van der Waals surface area contributed by atoms with Gasteiger partial charge in [0.2, 0.25) is 0 Å². The van der Waals surface area contributed by atoms with Gasteiger partial charge in [-0.3, -0.25) is 14.4 Å². The fraction of sp³-hybridized carbons (Fsp3) is 0.316. The van der Waals surface area contributed by atoms with E-state index in [9.17, 15) is 14.4 Å². The largest absolute Gasteiger partial charge is 0.497 e. The second-order valence-corrected chi connectivity index (χ2v) is 6.04. The van der Waals surface area contributed by atoms with E-state index in [-0.39, 0.29) is 11.3 Å². The number of benzene rings is 1. The molecule has 2 aromatic rings. The fourth-order valence-corrected chi connectivity index (χ4v) is 2.95. The molecule has 0 aliphatic heterocycles. The van der Waals surface area contributed by atoms with Crippen LogP contribution in [0.4, 0.5) is 0 Å². The van der Waals surface area contributed by atoms with Gasteiger partial charge in [-0.2, -0.15) is 0 Å². The van der Waals surface area contributed by atoms with E-state index >= 15 is 0 Å². The molecule has 0 spiro atoms. The van der Waals surface area contributed by atoms with Crippen LogP contribution in [0, 0.1) is 0 Å². The molecule has 1 aromatic heterocycles. The zero-order valence-electron chi connectivity index (χ0n) is 14.1. The minimum Gasteiger partial charge on any atom is -0.497 e. The molecule has 1 aromatic carbocycles. The molecule has 0 atom stereocenters. The smallest absolute Gasteiger partial charge is 0.261 e. The number of fused-ring (bicyclic) bond motifs is 1. The molecule has 0 bridgehead atoms. The maximum absolute atomic E-state index is 12.3. The number of methoxy groups -OCH3 is 1. The van der Waals surface area contributed by atoms with E-state index < -0.39 is 11.5 Å². The predicted octanol–water partition coefficient (Wildman–Crippen LogP) is 1.88. The van der Waals surface area contributed by atoms with Crippen molar-refractivity contribution in [2.45, 2.75) is 25.7 Å². The van der Waals surface area contributed by atoms with E-state index in [1.165, 1.54) is 6.07 Å². The molecule has 1 aliphatic rings. The first-order chi connectivity index (χ1) is 12.1. The van der Waals surface area contributed by atoms with Gasteiger partial charge in [0.1, 0.15) is 11.3 Å². The van der Waals surface area contributed by atoms with Crippen LogP contribution in [-0.4, -0.2) is 30.3 Å². The van der Waals surface area contributed by atoms with Crippen molar-refractivity contribution in [3.8, 4) is 5.75 Å². The SMILES string of the molecule is COc1ccc(CCNC(=O)c2cc3c([nH]c2=O)CCCC3=O)cc1. The first-order valence-corrected chi connectivity index (χ1v) is 8.29. The molecule has 0 saturated heterocycles. The van der Waals surface area contributed by atoms with E-state index in [2.05, 4.69) is 10.3 Å². The van der Waals surface area contributed by atoms with Crippen LogP contribution in [0.5, 0.6) is 5.75 Å². The van der Waals surface area contributed by atoms with Gasteiger partial charge in [-0.05, 0) is 43.0 Å². The average molecular weight is 340 g/mol. The number of Topliss-reactive ketones (excluding diaryl/α,β-unsaturated/α-hetero) is 1. The summed E-state index contributed by atoms with van der Waals surface area (Å²) in [6, 6.07) is 9.00. The molecule has 0 radical (unpaired) electrons. The van der Waals surface area contributed by atoms with E-state index in [0.29, 0.717) is 37.1 Å². The van der Waals surface area contributed by atoms with Crippen molar-refractivity contribution in [3.63, 3.8) is 0 Å². The number of aromatic nitrogens is 1. The summed E-state index contributed by atoms with van der Waals surface area (Å²) in [6.07, 6.45) is 2.49. The van der Waals surface area contributed by atoms with Crippen molar-refractivity contribution < 1.29 is 14.3 Å². The second kappa shape index (κ2) is 7.34. The Morgan fingerprint density at radius 2 is 1.96 bits per heavy atom. The number of H-pyrrole nitrogens is 1. The summed E-state index contributed by atoms with van der Waals surface area (Å²) in [4.78, 5) is 39.0. The number of hydrogen-bond acceptors (Lipinski definition) is 4. The maximum atomic E-state index is 12.3. The summed E-state index contributed by atoms with van der Waals surface area (Å²) in [6.45, 7) is 0.398. The van der Waals surface area contributed by atoms with Crippen LogP contribution in [0.1, 0.15) is 44.8 Å². The van der Waals surface area contributed by atoms with Gasteiger partial charge in [-0.25, -0.2) is 0 Å². The van der Waals surface area contributed by atoms with Gasteiger partial charge in [0, 0.05) is 24.2 Å². The lowest BCUT2D eigenvalue weighted by Gasteiger charge is -2.15. The Morgan fingerprint density at radius 3 is 2.68 bits per heavy atom. The van der Waals surface area contributed by atoms with Gasteiger partial charge in [0.05, 0.1) is 7.11 Å². The standard InChI is InChI=1S/C19H20N2O4/c1-25-13-7-5-12(6-8-13)9-10-20-18(23)15-11-14-16(21-19(15)24)3-2-4-17(14)22/h5-8,11H,2-4,9-10H2,1H3,(H,20,23)(H,21,24). The number of amides is 1. The molecule has 2 N–H and O–H groups in total. The maximum Gasteiger partial charge on any atom is 0.261 e. The Bertz CT molecular complexity index is 853. The quantitative estimate of drug-likeness (QED) is 0.870. The van der Waals surface area contributed by atoms with Crippen LogP contribution in [0.15, 0.2) is 35.1 Å². The van der Waals surface area contributed by atoms with Gasteiger partial charge >= 0.3 is 0 Å². The number of carbonyl (C=O) groups excluding carboxylic acids is 2. The summed E-state index contributed by atoms with van der Waals surface area (Å²) in [5, 5.41) is 2.74. The third-order valence-corrected chi connectivity index (χ3v) is 4.36. The minimum absolute atomic E-state index is 0.0104. The highest BCUT2D eigenvalue weighted by atomic mass is 16.5. The van der Waals surface area contributed by atoms with Crippen molar-refractivity contribution in [1.82, 2.24) is 10.3 Å². The Hall–Kier alpha value is -2.89. The number of rotatable bonds is 5. The van der Waals surface area contributed by atoms with Crippen molar-refractivity contribution in [2.24, 2.45) is 0 Å². The van der Waals surface area contributed by atoms with Gasteiger partial charge in [0.15, 0.2) is 5.78 Å². The van der Waals surface area contributed by atoms with Gasteiger partial charge < -0.3 is 15.0 Å². The van der Waals surface area contributed by atoms with E-state index in [1.807, 2.05) is 24.3 Å². The summed E-state index contributed by atoms with van der Waals surface area (Å²) in [5.74, 6) is 0.291. The van der Waals surface area contributed by atoms with Crippen LogP contribution >= 0.6 is 0 Å². The lowest BCUT2D eigenvalue weighted by atomic mass is 9.93. The van der Waals surface area contributed by atoms with E-state index in [4.69, 9.17) is 4.74 Å². The van der Waals surface area contributed by atoms with Gasteiger partial charge in [-0.15, -0.1) is 0 Å². The van der Waals surface area contributed by atoms with Crippen molar-refractivity contribution in [3.05, 3.63) is 63.1 Å². The third kappa shape index (κ3) is 3.79. The molecule has 1 amide bonds. The molecular weight excluding hydrogens is 320 g/mol. The summed E-state index contributed by atoms with van der Waals surface area (Å²) >= 11 is 0. The Kier molecular flexibility index (Phi) is 4.97. The highest BCUT2D eigenvalue weighted by Gasteiger charge is 2.21. The number of hydrogen-bond donors (Lipinski definition) is 2. The number of carbonyl (C=O) groups is 2. The molecule has 3 rings (SSSR count). The summed E-state index contributed by atoms with van der Waals surface area (Å²) in [5.41, 5.74) is 1.69. The number of aryl methyl sites for hydroxylation is 1.